The fourth-order valence-corrected chi connectivity index (χ4v) is 4.80. The van der Waals surface area contributed by atoms with Gasteiger partial charge >= 0.3 is 0 Å². The van der Waals surface area contributed by atoms with Crippen LogP contribution < -0.4 is 5.32 Å². The largest absolute Gasteiger partial charge is 0.305 e. The first kappa shape index (κ1) is 13.6. The van der Waals surface area contributed by atoms with E-state index in [0.29, 0.717) is 0 Å². The molecule has 0 bridgehead atoms. The van der Waals surface area contributed by atoms with Gasteiger partial charge in [0.15, 0.2) is 0 Å². The summed E-state index contributed by atoms with van der Waals surface area (Å²) in [6, 6.07) is 0. The van der Waals surface area contributed by atoms with E-state index in [1.54, 1.807) is 4.88 Å². The highest BCUT2D eigenvalue weighted by Gasteiger charge is 2.48. The second kappa shape index (κ2) is 5.17. The molecular formula is C16H26N2S. The van der Waals surface area contributed by atoms with Crippen molar-refractivity contribution >= 4 is 11.3 Å². The summed E-state index contributed by atoms with van der Waals surface area (Å²) in [6.45, 7) is 8.09. The number of nitrogens with one attached hydrogen (secondary N) is 1. The lowest BCUT2D eigenvalue weighted by Crippen LogP contribution is -2.54. The van der Waals surface area contributed by atoms with Gasteiger partial charge in [-0.3, -0.25) is 0 Å². The molecular weight excluding hydrogens is 252 g/mol. The van der Waals surface area contributed by atoms with Gasteiger partial charge < -0.3 is 5.32 Å². The van der Waals surface area contributed by atoms with Gasteiger partial charge in [0.1, 0.15) is 5.01 Å². The Labute approximate surface area is 121 Å². The van der Waals surface area contributed by atoms with Crippen LogP contribution in [0.4, 0.5) is 0 Å². The molecule has 2 nitrogen and oxygen atoms in total. The van der Waals surface area contributed by atoms with Crippen molar-refractivity contribution < 1.29 is 0 Å². The molecule has 0 saturated heterocycles. The molecule has 1 heterocycles. The lowest BCUT2D eigenvalue weighted by Gasteiger charge is -2.49. The number of nitrogens with zero attached hydrogens (tertiary/aromatic N) is 1. The molecule has 1 aromatic rings. The molecule has 1 N–H and O–H groups in total. The zero-order chi connectivity index (χ0) is 13.5. The van der Waals surface area contributed by atoms with Crippen LogP contribution in [-0.2, 0) is 18.4 Å². The smallest absolute Gasteiger partial charge is 0.113 e. The van der Waals surface area contributed by atoms with Crippen LogP contribution in [0.25, 0.3) is 0 Å². The van der Waals surface area contributed by atoms with E-state index >= 15 is 0 Å². The van der Waals surface area contributed by atoms with E-state index in [2.05, 4.69) is 26.1 Å². The van der Waals surface area contributed by atoms with Gasteiger partial charge in [0.05, 0.1) is 11.2 Å². The van der Waals surface area contributed by atoms with E-state index in [1.165, 1.54) is 49.2 Å². The Balaban J connectivity index is 1.79. The maximum Gasteiger partial charge on any atom is 0.113 e. The minimum absolute atomic E-state index is 0.222. The molecule has 106 valence electrons. The first-order valence-electron chi connectivity index (χ1n) is 7.88. The number of thiazole rings is 1. The lowest BCUT2D eigenvalue weighted by molar-refractivity contribution is 0.0677. The van der Waals surface area contributed by atoms with Crippen molar-refractivity contribution in [2.24, 2.45) is 11.8 Å². The summed E-state index contributed by atoms with van der Waals surface area (Å²) in [5.74, 6) is 1.69. The highest BCUT2D eigenvalue weighted by molar-refractivity contribution is 7.12. The van der Waals surface area contributed by atoms with E-state index in [9.17, 15) is 0 Å². The Morgan fingerprint density at radius 3 is 2.79 bits per heavy atom. The summed E-state index contributed by atoms with van der Waals surface area (Å²) in [6.07, 6.45) is 7.58. The molecule has 0 radical (unpaired) electrons. The fourth-order valence-electron chi connectivity index (χ4n) is 3.46. The van der Waals surface area contributed by atoms with E-state index < -0.39 is 0 Å². The fraction of sp³-hybridized carbons (Fsp3) is 0.812. The van der Waals surface area contributed by atoms with Crippen molar-refractivity contribution in [3.63, 3.8) is 0 Å². The molecule has 2 aliphatic rings. The quantitative estimate of drug-likeness (QED) is 0.884. The molecule has 1 saturated carbocycles. The zero-order valence-corrected chi connectivity index (χ0v) is 13.3. The topological polar surface area (TPSA) is 24.9 Å². The van der Waals surface area contributed by atoms with Crippen LogP contribution in [-0.4, -0.2) is 11.5 Å². The highest BCUT2D eigenvalue weighted by Crippen LogP contribution is 2.50. The SMILES string of the molecule is CCCNC1(c2nc3c(s2)CCC3)CC(C(C)C)C1. The predicted octanol–water partition coefficient (Wildman–Crippen LogP) is 3.89. The van der Waals surface area contributed by atoms with Crippen LogP contribution in [0.3, 0.4) is 0 Å². The van der Waals surface area contributed by atoms with Crippen molar-refractivity contribution in [1.29, 1.82) is 0 Å². The number of hydrogen-bond donors (Lipinski definition) is 1. The van der Waals surface area contributed by atoms with Gasteiger partial charge in [0.2, 0.25) is 0 Å². The normalized spacial score (nSPS) is 29.6. The van der Waals surface area contributed by atoms with Crippen molar-refractivity contribution in [2.75, 3.05) is 6.54 Å². The third-order valence-corrected chi connectivity index (χ3v) is 6.24. The van der Waals surface area contributed by atoms with Crippen LogP contribution >= 0.6 is 11.3 Å². The van der Waals surface area contributed by atoms with E-state index in [-0.39, 0.29) is 5.54 Å². The molecule has 19 heavy (non-hydrogen) atoms. The standard InChI is InChI=1S/C16H26N2S/c1-4-8-17-16(9-12(10-16)11(2)3)15-18-13-6-5-7-14(13)19-15/h11-12,17H,4-10H2,1-3H3. The zero-order valence-electron chi connectivity index (χ0n) is 12.5. The molecule has 3 heteroatoms. The van der Waals surface area contributed by atoms with Crippen molar-refractivity contribution in [3.8, 4) is 0 Å². The van der Waals surface area contributed by atoms with Gasteiger partial charge in [-0.15, -0.1) is 11.3 Å². The van der Waals surface area contributed by atoms with Crippen LogP contribution in [0.5, 0.6) is 0 Å². The van der Waals surface area contributed by atoms with Crippen molar-refractivity contribution in [2.45, 2.75) is 64.8 Å². The molecule has 2 aliphatic carbocycles. The molecule has 0 amide bonds. The van der Waals surface area contributed by atoms with Gasteiger partial charge in [0.25, 0.3) is 0 Å². The third-order valence-electron chi connectivity index (χ3n) is 4.88. The molecule has 0 atom stereocenters. The van der Waals surface area contributed by atoms with E-state index in [4.69, 9.17) is 4.98 Å². The van der Waals surface area contributed by atoms with Crippen molar-refractivity contribution in [1.82, 2.24) is 10.3 Å². The average molecular weight is 278 g/mol. The van der Waals surface area contributed by atoms with Gasteiger partial charge in [0, 0.05) is 4.88 Å². The minimum Gasteiger partial charge on any atom is -0.305 e. The second-order valence-corrected chi connectivity index (χ2v) is 7.75. The monoisotopic (exact) mass is 278 g/mol. The average Bonchev–Trinajstić information content (AvgIpc) is 2.87. The molecule has 3 rings (SSSR count). The number of aromatic nitrogens is 1. The van der Waals surface area contributed by atoms with Crippen LogP contribution in [0, 0.1) is 11.8 Å². The second-order valence-electron chi connectivity index (χ2n) is 6.66. The van der Waals surface area contributed by atoms with Crippen molar-refractivity contribution in [3.05, 3.63) is 15.6 Å². The number of hydrogen-bond acceptors (Lipinski definition) is 3. The van der Waals surface area contributed by atoms with Gasteiger partial charge in [-0.2, -0.15) is 0 Å². The first-order valence-corrected chi connectivity index (χ1v) is 8.70. The molecule has 0 spiro atoms. The molecule has 0 unspecified atom stereocenters. The Morgan fingerprint density at radius 2 is 2.16 bits per heavy atom. The summed E-state index contributed by atoms with van der Waals surface area (Å²) < 4.78 is 0. The number of fused-ring (bicyclic) bond motifs is 1. The summed E-state index contributed by atoms with van der Waals surface area (Å²) in [7, 11) is 0. The molecule has 1 fully saturated rings. The number of aryl methyl sites for hydroxylation is 2. The van der Waals surface area contributed by atoms with Crippen LogP contribution in [0.2, 0.25) is 0 Å². The van der Waals surface area contributed by atoms with Gasteiger partial charge in [-0.05, 0) is 56.9 Å². The molecule has 0 aromatic carbocycles. The summed E-state index contributed by atoms with van der Waals surface area (Å²) >= 11 is 2.00. The molecule has 1 aromatic heterocycles. The summed E-state index contributed by atoms with van der Waals surface area (Å²) in [5.41, 5.74) is 1.63. The van der Waals surface area contributed by atoms with Gasteiger partial charge in [-0.1, -0.05) is 20.8 Å². The number of rotatable bonds is 5. The lowest BCUT2D eigenvalue weighted by atomic mass is 9.64. The first-order chi connectivity index (χ1) is 9.14. The summed E-state index contributed by atoms with van der Waals surface area (Å²) in [4.78, 5) is 6.56. The molecule has 0 aliphatic heterocycles. The predicted molar refractivity (Wildman–Crippen MR) is 81.7 cm³/mol. The van der Waals surface area contributed by atoms with E-state index in [0.717, 1.165) is 18.4 Å². The Morgan fingerprint density at radius 1 is 1.37 bits per heavy atom. The van der Waals surface area contributed by atoms with Gasteiger partial charge in [-0.25, -0.2) is 4.98 Å². The maximum absolute atomic E-state index is 4.99. The Hall–Kier alpha value is -0.410. The summed E-state index contributed by atoms with van der Waals surface area (Å²) in [5, 5.41) is 5.21. The Bertz CT molecular complexity index is 422. The minimum atomic E-state index is 0.222. The maximum atomic E-state index is 4.99. The van der Waals surface area contributed by atoms with Crippen LogP contribution in [0.15, 0.2) is 0 Å². The van der Waals surface area contributed by atoms with Crippen LogP contribution in [0.1, 0.15) is 62.0 Å². The van der Waals surface area contributed by atoms with E-state index in [1.807, 2.05) is 11.3 Å². The highest BCUT2D eigenvalue weighted by atomic mass is 32.1. The third kappa shape index (κ3) is 2.36. The Kier molecular flexibility index (Phi) is 3.69.